The molecule has 4 rings (SSSR count). The van der Waals surface area contributed by atoms with Gasteiger partial charge in [0.1, 0.15) is 5.82 Å². The molecular formula is C17H20N2. The molecule has 0 N–H and O–H groups in total. The van der Waals surface area contributed by atoms with E-state index in [-0.39, 0.29) is 0 Å². The van der Waals surface area contributed by atoms with Crippen molar-refractivity contribution < 1.29 is 0 Å². The van der Waals surface area contributed by atoms with Crippen LogP contribution in [0, 0.1) is 6.92 Å². The quantitative estimate of drug-likeness (QED) is 0.801. The zero-order valence-electron chi connectivity index (χ0n) is 11.5. The standard InChI is InChI=1S/C17H20N2/c1-12-18-16-8-4-5-9-17(16)19(12)11-14-10-13-6-2-3-7-15(13)14/h2-3,6-7,14H,4-5,8-11H2,1H3. The number of hydrogen-bond donors (Lipinski definition) is 0. The summed E-state index contributed by atoms with van der Waals surface area (Å²) >= 11 is 0. The van der Waals surface area contributed by atoms with E-state index < -0.39 is 0 Å². The van der Waals surface area contributed by atoms with Crippen LogP contribution >= 0.6 is 0 Å². The number of aromatic nitrogens is 2. The second kappa shape index (κ2) is 4.22. The molecule has 1 aromatic carbocycles. The molecule has 98 valence electrons. The molecule has 2 aliphatic carbocycles. The van der Waals surface area contributed by atoms with Gasteiger partial charge >= 0.3 is 0 Å². The molecule has 2 heteroatoms. The second-order valence-corrected chi connectivity index (χ2v) is 5.97. The van der Waals surface area contributed by atoms with Crippen molar-refractivity contribution >= 4 is 0 Å². The molecule has 1 unspecified atom stereocenters. The summed E-state index contributed by atoms with van der Waals surface area (Å²) < 4.78 is 2.50. The van der Waals surface area contributed by atoms with Gasteiger partial charge in [-0.25, -0.2) is 4.98 Å². The fourth-order valence-electron chi connectivity index (χ4n) is 3.72. The Kier molecular flexibility index (Phi) is 2.51. The lowest BCUT2D eigenvalue weighted by Crippen LogP contribution is -2.23. The van der Waals surface area contributed by atoms with E-state index >= 15 is 0 Å². The van der Waals surface area contributed by atoms with Gasteiger partial charge in [-0.15, -0.1) is 0 Å². The summed E-state index contributed by atoms with van der Waals surface area (Å²) in [6.45, 7) is 3.30. The minimum absolute atomic E-state index is 0.704. The molecule has 2 aromatic rings. The second-order valence-electron chi connectivity index (χ2n) is 5.97. The minimum atomic E-state index is 0.704. The van der Waals surface area contributed by atoms with E-state index in [1.165, 1.54) is 49.3 Å². The van der Waals surface area contributed by atoms with Crippen LogP contribution in [0.25, 0.3) is 0 Å². The van der Waals surface area contributed by atoms with E-state index in [4.69, 9.17) is 4.98 Å². The van der Waals surface area contributed by atoms with E-state index in [1.54, 1.807) is 11.1 Å². The predicted octanol–water partition coefficient (Wildman–Crippen LogP) is 3.41. The lowest BCUT2D eigenvalue weighted by atomic mass is 9.77. The van der Waals surface area contributed by atoms with Gasteiger partial charge in [-0.3, -0.25) is 0 Å². The van der Waals surface area contributed by atoms with Gasteiger partial charge in [-0.2, -0.15) is 0 Å². The highest BCUT2D eigenvalue weighted by Gasteiger charge is 2.28. The minimum Gasteiger partial charge on any atom is -0.331 e. The molecular weight excluding hydrogens is 232 g/mol. The normalized spacial score (nSPS) is 20.6. The molecule has 1 aromatic heterocycles. The van der Waals surface area contributed by atoms with Gasteiger partial charge in [0.15, 0.2) is 0 Å². The smallest absolute Gasteiger partial charge is 0.106 e. The monoisotopic (exact) mass is 252 g/mol. The maximum absolute atomic E-state index is 4.78. The van der Waals surface area contributed by atoms with Crippen molar-refractivity contribution in [2.75, 3.05) is 0 Å². The Morgan fingerprint density at radius 2 is 2.05 bits per heavy atom. The number of hydrogen-bond acceptors (Lipinski definition) is 1. The number of imidazole rings is 1. The summed E-state index contributed by atoms with van der Waals surface area (Å²) in [4.78, 5) is 4.78. The molecule has 0 spiro atoms. The van der Waals surface area contributed by atoms with Crippen molar-refractivity contribution in [1.82, 2.24) is 9.55 Å². The number of nitrogens with zero attached hydrogens (tertiary/aromatic N) is 2. The van der Waals surface area contributed by atoms with E-state index in [9.17, 15) is 0 Å². The largest absolute Gasteiger partial charge is 0.331 e. The Labute approximate surface area is 114 Å². The highest BCUT2D eigenvalue weighted by Crippen LogP contribution is 2.37. The van der Waals surface area contributed by atoms with Crippen LogP contribution < -0.4 is 0 Å². The average molecular weight is 252 g/mol. The first-order valence-electron chi connectivity index (χ1n) is 7.45. The molecule has 0 amide bonds. The first-order chi connectivity index (χ1) is 9.33. The van der Waals surface area contributed by atoms with Gasteiger partial charge in [-0.1, -0.05) is 24.3 Å². The Bertz CT molecular complexity index is 624. The van der Waals surface area contributed by atoms with Crippen LogP contribution in [0.4, 0.5) is 0 Å². The summed E-state index contributed by atoms with van der Waals surface area (Å²) in [6.07, 6.45) is 6.30. The van der Waals surface area contributed by atoms with E-state index in [0.717, 1.165) is 6.54 Å². The Hall–Kier alpha value is -1.57. The van der Waals surface area contributed by atoms with Gasteiger partial charge in [0.2, 0.25) is 0 Å². The summed E-state index contributed by atoms with van der Waals surface area (Å²) in [5.74, 6) is 1.92. The molecule has 0 saturated heterocycles. The molecule has 19 heavy (non-hydrogen) atoms. The van der Waals surface area contributed by atoms with E-state index in [2.05, 4.69) is 35.8 Å². The first-order valence-corrected chi connectivity index (χ1v) is 7.45. The Morgan fingerprint density at radius 3 is 2.95 bits per heavy atom. The molecule has 2 aliphatic rings. The topological polar surface area (TPSA) is 17.8 Å². The van der Waals surface area contributed by atoms with Crippen molar-refractivity contribution in [3.05, 3.63) is 52.6 Å². The van der Waals surface area contributed by atoms with Crippen LogP contribution in [0.15, 0.2) is 24.3 Å². The lowest BCUT2D eigenvalue weighted by molar-refractivity contribution is 0.483. The van der Waals surface area contributed by atoms with E-state index in [0.29, 0.717) is 5.92 Å². The number of rotatable bonds is 2. The van der Waals surface area contributed by atoms with Gasteiger partial charge in [0, 0.05) is 18.2 Å². The lowest BCUT2D eigenvalue weighted by Gasteiger charge is -2.31. The van der Waals surface area contributed by atoms with Crippen molar-refractivity contribution in [1.29, 1.82) is 0 Å². The highest BCUT2D eigenvalue weighted by atomic mass is 15.1. The molecule has 0 saturated carbocycles. The summed E-state index contributed by atoms with van der Waals surface area (Å²) in [7, 11) is 0. The maximum Gasteiger partial charge on any atom is 0.106 e. The summed E-state index contributed by atoms with van der Waals surface area (Å²) in [5.41, 5.74) is 5.99. The highest BCUT2D eigenvalue weighted by molar-refractivity contribution is 5.40. The number of aryl methyl sites for hydroxylation is 2. The third-order valence-electron chi connectivity index (χ3n) is 4.79. The molecule has 0 aliphatic heterocycles. The number of fused-ring (bicyclic) bond motifs is 2. The van der Waals surface area contributed by atoms with Crippen LogP contribution in [-0.2, 0) is 25.8 Å². The third kappa shape index (κ3) is 1.73. The Morgan fingerprint density at radius 1 is 1.21 bits per heavy atom. The van der Waals surface area contributed by atoms with Crippen molar-refractivity contribution in [2.45, 2.75) is 51.5 Å². The first kappa shape index (κ1) is 11.3. The molecule has 2 nitrogen and oxygen atoms in total. The number of benzene rings is 1. The molecule has 0 bridgehead atoms. The SMILES string of the molecule is Cc1nc2c(n1CC1Cc3ccccc31)CCCC2. The maximum atomic E-state index is 4.78. The van der Waals surface area contributed by atoms with E-state index in [1.807, 2.05) is 0 Å². The van der Waals surface area contributed by atoms with Gasteiger partial charge in [0.25, 0.3) is 0 Å². The van der Waals surface area contributed by atoms with Crippen LogP contribution in [-0.4, -0.2) is 9.55 Å². The Balaban J connectivity index is 1.63. The predicted molar refractivity (Wildman–Crippen MR) is 76.5 cm³/mol. The zero-order chi connectivity index (χ0) is 12.8. The van der Waals surface area contributed by atoms with Crippen LogP contribution in [0.3, 0.4) is 0 Å². The fraction of sp³-hybridized carbons (Fsp3) is 0.471. The molecule has 1 heterocycles. The van der Waals surface area contributed by atoms with Crippen molar-refractivity contribution in [2.24, 2.45) is 0 Å². The van der Waals surface area contributed by atoms with Crippen molar-refractivity contribution in [3.63, 3.8) is 0 Å². The molecule has 0 fully saturated rings. The van der Waals surface area contributed by atoms with Gasteiger partial charge < -0.3 is 4.57 Å². The van der Waals surface area contributed by atoms with Crippen LogP contribution in [0.5, 0.6) is 0 Å². The zero-order valence-corrected chi connectivity index (χ0v) is 11.5. The van der Waals surface area contributed by atoms with Crippen LogP contribution in [0.1, 0.15) is 47.1 Å². The average Bonchev–Trinajstić information content (AvgIpc) is 2.72. The summed E-state index contributed by atoms with van der Waals surface area (Å²) in [5, 5.41) is 0. The molecule has 0 radical (unpaired) electrons. The van der Waals surface area contributed by atoms with Crippen LogP contribution in [0.2, 0.25) is 0 Å². The third-order valence-corrected chi connectivity index (χ3v) is 4.79. The van der Waals surface area contributed by atoms with Gasteiger partial charge in [0.05, 0.1) is 5.69 Å². The molecule has 1 atom stereocenters. The summed E-state index contributed by atoms with van der Waals surface area (Å²) in [6, 6.07) is 8.88. The van der Waals surface area contributed by atoms with Gasteiger partial charge in [-0.05, 0) is 50.2 Å². The van der Waals surface area contributed by atoms with Crippen molar-refractivity contribution in [3.8, 4) is 0 Å². The fourth-order valence-corrected chi connectivity index (χ4v) is 3.72.